The monoisotopic (exact) mass is 585 g/mol. The lowest BCUT2D eigenvalue weighted by Crippen LogP contribution is -2.53. The van der Waals surface area contributed by atoms with E-state index in [-0.39, 0.29) is 18.1 Å². The molecule has 2 saturated heterocycles. The Kier molecular flexibility index (Phi) is 5.99. The number of anilines is 1. The van der Waals surface area contributed by atoms with Crippen LogP contribution in [0, 0.1) is 29.5 Å². The number of fused-ring (bicyclic) bond motifs is 4. The Bertz CT molecular complexity index is 1690. The van der Waals surface area contributed by atoms with Crippen LogP contribution in [0.25, 0.3) is 0 Å². The van der Waals surface area contributed by atoms with Gasteiger partial charge in [0.1, 0.15) is 11.6 Å². The van der Waals surface area contributed by atoms with Crippen molar-refractivity contribution < 1.29 is 28.7 Å². The number of halogens is 2. The lowest BCUT2D eigenvalue weighted by atomic mass is 9.49. The van der Waals surface area contributed by atoms with Crippen molar-refractivity contribution in [2.45, 2.75) is 24.2 Å². The summed E-state index contributed by atoms with van der Waals surface area (Å²) in [6.07, 6.45) is 2.33. The van der Waals surface area contributed by atoms with E-state index < -0.39 is 58.5 Å². The summed E-state index contributed by atoms with van der Waals surface area (Å²) in [4.78, 5) is 54.9. The van der Waals surface area contributed by atoms with E-state index in [4.69, 9.17) is 11.6 Å². The largest absolute Gasteiger partial charge is 0.508 e. The van der Waals surface area contributed by atoms with Gasteiger partial charge in [-0.25, -0.2) is 4.39 Å². The Labute approximate surface area is 245 Å². The average Bonchev–Trinajstić information content (AvgIpc) is 3.39. The number of rotatable bonds is 4. The zero-order valence-corrected chi connectivity index (χ0v) is 22.8. The minimum absolute atomic E-state index is 0.0598. The summed E-state index contributed by atoms with van der Waals surface area (Å²) in [6, 6.07) is 18.7. The van der Waals surface area contributed by atoms with Gasteiger partial charge < -0.3 is 5.11 Å². The Hall–Kier alpha value is -4.50. The zero-order chi connectivity index (χ0) is 29.3. The quantitative estimate of drug-likeness (QED) is 0.308. The number of hydrogen-bond donors (Lipinski definition) is 3. The molecule has 4 amide bonds. The van der Waals surface area contributed by atoms with Crippen molar-refractivity contribution in [2.75, 3.05) is 5.43 Å². The number of hydrogen-bond acceptors (Lipinski definition) is 6. The summed E-state index contributed by atoms with van der Waals surface area (Å²) in [5.41, 5.74) is 3.39. The van der Waals surface area contributed by atoms with Gasteiger partial charge in [-0.1, -0.05) is 53.6 Å². The molecule has 0 aromatic heterocycles. The highest BCUT2D eigenvalue weighted by molar-refractivity contribution is 6.30. The number of aromatic hydroxyl groups is 1. The molecule has 212 valence electrons. The zero-order valence-electron chi connectivity index (χ0n) is 22.1. The maximum atomic E-state index is 14.8. The van der Waals surface area contributed by atoms with Crippen LogP contribution in [0.15, 0.2) is 84.4 Å². The van der Waals surface area contributed by atoms with Gasteiger partial charge in [0.15, 0.2) is 0 Å². The molecule has 3 aromatic rings. The van der Waals surface area contributed by atoms with E-state index in [1.54, 1.807) is 42.5 Å². The summed E-state index contributed by atoms with van der Waals surface area (Å²) >= 11 is 6.25. The highest BCUT2D eigenvalue weighted by Crippen LogP contribution is 2.64. The Morgan fingerprint density at radius 3 is 2.36 bits per heavy atom. The number of benzene rings is 3. The first-order valence-electron chi connectivity index (χ1n) is 13.7. The third-order valence-corrected chi connectivity index (χ3v) is 9.60. The second-order valence-corrected chi connectivity index (χ2v) is 11.7. The molecule has 0 spiro atoms. The molecule has 6 unspecified atom stereocenters. The highest BCUT2D eigenvalue weighted by atomic mass is 35.5. The Balaban J connectivity index is 1.48. The van der Waals surface area contributed by atoms with Crippen LogP contribution in [0.2, 0.25) is 5.02 Å². The first kappa shape index (κ1) is 26.4. The van der Waals surface area contributed by atoms with Crippen molar-refractivity contribution in [1.82, 2.24) is 10.3 Å². The Morgan fingerprint density at radius 2 is 1.64 bits per heavy atom. The topological polar surface area (TPSA) is 116 Å². The van der Waals surface area contributed by atoms with E-state index in [0.29, 0.717) is 28.3 Å². The van der Waals surface area contributed by atoms with Crippen LogP contribution in [-0.4, -0.2) is 33.7 Å². The van der Waals surface area contributed by atoms with Gasteiger partial charge in [-0.15, -0.1) is 0 Å². The van der Waals surface area contributed by atoms with Crippen LogP contribution in [0.4, 0.5) is 10.1 Å². The molecule has 2 aliphatic carbocycles. The molecular weight excluding hydrogens is 561 g/mol. The number of carbonyl (C=O) groups is 4. The van der Waals surface area contributed by atoms with Gasteiger partial charge >= 0.3 is 0 Å². The van der Waals surface area contributed by atoms with E-state index in [1.807, 2.05) is 6.08 Å². The molecule has 8 nitrogen and oxygen atoms in total. The number of imide groups is 2. The molecular formula is C32H25ClFN3O5. The molecule has 7 rings (SSSR count). The maximum absolute atomic E-state index is 14.8. The molecule has 0 bridgehead atoms. The second kappa shape index (κ2) is 9.52. The average molecular weight is 586 g/mol. The minimum Gasteiger partial charge on any atom is -0.508 e. The smallest absolute Gasteiger partial charge is 0.260 e. The van der Waals surface area contributed by atoms with E-state index in [9.17, 15) is 28.7 Å². The summed E-state index contributed by atoms with van der Waals surface area (Å²) < 4.78 is 13.7. The number of phenols is 1. The molecule has 1 saturated carbocycles. The predicted molar refractivity (Wildman–Crippen MR) is 150 cm³/mol. The third-order valence-electron chi connectivity index (χ3n) is 9.35. The molecule has 6 atom stereocenters. The van der Waals surface area contributed by atoms with Crippen molar-refractivity contribution in [1.29, 1.82) is 0 Å². The van der Waals surface area contributed by atoms with E-state index in [1.165, 1.54) is 30.3 Å². The normalized spacial score (nSPS) is 29.9. The van der Waals surface area contributed by atoms with E-state index in [2.05, 4.69) is 10.7 Å². The maximum Gasteiger partial charge on any atom is 0.260 e. The van der Waals surface area contributed by atoms with Gasteiger partial charge in [0.25, 0.3) is 11.8 Å². The van der Waals surface area contributed by atoms with Gasteiger partial charge in [-0.2, -0.15) is 5.01 Å². The number of nitrogens with zero attached hydrogens (tertiary/aromatic N) is 1. The molecule has 0 radical (unpaired) electrons. The fraction of sp³-hybridized carbons (Fsp3) is 0.250. The number of carbonyl (C=O) groups excluding carboxylic acids is 4. The highest BCUT2D eigenvalue weighted by Gasteiger charge is 2.70. The van der Waals surface area contributed by atoms with Gasteiger partial charge in [0.2, 0.25) is 11.8 Å². The Morgan fingerprint density at radius 1 is 0.929 bits per heavy atom. The fourth-order valence-electron chi connectivity index (χ4n) is 7.64. The first-order valence-corrected chi connectivity index (χ1v) is 14.1. The van der Waals surface area contributed by atoms with Crippen molar-refractivity contribution in [3.05, 3.63) is 106 Å². The van der Waals surface area contributed by atoms with Crippen LogP contribution in [-0.2, 0) is 24.6 Å². The van der Waals surface area contributed by atoms with Crippen LogP contribution in [0.1, 0.15) is 29.9 Å². The summed E-state index contributed by atoms with van der Waals surface area (Å²) in [5, 5.41) is 15.1. The van der Waals surface area contributed by atoms with Crippen molar-refractivity contribution >= 4 is 40.9 Å². The van der Waals surface area contributed by atoms with Gasteiger partial charge in [-0.05, 0) is 66.8 Å². The molecule has 3 N–H and O–H groups in total. The van der Waals surface area contributed by atoms with Crippen molar-refractivity contribution in [3.63, 3.8) is 0 Å². The van der Waals surface area contributed by atoms with Crippen LogP contribution >= 0.6 is 11.6 Å². The number of allylic oxidation sites excluding steroid dienone is 2. The first-order chi connectivity index (χ1) is 20.2. The predicted octanol–water partition coefficient (Wildman–Crippen LogP) is 4.46. The van der Waals surface area contributed by atoms with Gasteiger partial charge in [0.05, 0.1) is 28.9 Å². The second-order valence-electron chi connectivity index (χ2n) is 11.3. The number of nitrogens with one attached hydrogen (secondary N) is 2. The number of phenolic OH excluding ortho intramolecular Hbond substituents is 1. The molecule has 3 aromatic carbocycles. The summed E-state index contributed by atoms with van der Waals surface area (Å²) in [6.45, 7) is 0. The lowest BCUT2D eigenvalue weighted by Gasteiger charge is -2.50. The fourth-order valence-corrected chi connectivity index (χ4v) is 7.77. The molecule has 3 fully saturated rings. The van der Waals surface area contributed by atoms with Gasteiger partial charge in [0, 0.05) is 16.5 Å². The van der Waals surface area contributed by atoms with Gasteiger partial charge in [-0.3, -0.25) is 29.9 Å². The number of para-hydroxylation sites is 1. The molecule has 4 aliphatic rings. The summed E-state index contributed by atoms with van der Waals surface area (Å²) in [5.74, 6) is -5.94. The molecule has 2 aliphatic heterocycles. The molecule has 42 heavy (non-hydrogen) atoms. The molecule has 10 heteroatoms. The minimum atomic E-state index is -1.53. The lowest BCUT2D eigenvalue weighted by molar-refractivity contribution is -0.138. The SMILES string of the molecule is O=C1NC(=O)C2C1CC=C1C2CC2C(=O)N(Nc3ccc(F)cc3)C(=O)C2(c2ccc(Cl)cc2)C1c1ccccc1O. The van der Waals surface area contributed by atoms with Crippen LogP contribution in [0.3, 0.4) is 0 Å². The van der Waals surface area contributed by atoms with Crippen molar-refractivity contribution in [2.24, 2.45) is 23.7 Å². The van der Waals surface area contributed by atoms with Crippen LogP contribution < -0.4 is 10.7 Å². The van der Waals surface area contributed by atoms with E-state index in [0.717, 1.165) is 10.6 Å². The van der Waals surface area contributed by atoms with Crippen LogP contribution in [0.5, 0.6) is 5.75 Å². The standard InChI is InChI=1S/C32H25ClFN3O5/c33-17-7-5-16(6-8-17)32-24(30(41)37(31(32)42)36-19-11-9-18(34)10-12-19)15-23-20(27(32)21-3-1-2-4-25(21)38)13-14-22-26(23)29(40)35-28(22)39/h1-13,22-24,26-27,36,38H,14-15H2,(H,35,39,40). The van der Waals surface area contributed by atoms with Crippen molar-refractivity contribution in [3.8, 4) is 5.75 Å². The molecule has 2 heterocycles. The third kappa shape index (κ3) is 3.66. The van der Waals surface area contributed by atoms with E-state index >= 15 is 0 Å². The number of hydrazine groups is 1. The summed E-state index contributed by atoms with van der Waals surface area (Å²) in [7, 11) is 0. The number of amides is 4.